The molecule has 0 spiro atoms. The standard InChI is InChI=1S/C15H19NO3/c1-3-11-8-9-12-6-4-5-7-13(12)16(15(11)18)10-14(17)19-2/h4-7,11H,3,8-10H2,1-2H3. The Hall–Kier alpha value is -1.84. The van der Waals surface area contributed by atoms with Crippen LogP contribution < -0.4 is 4.90 Å². The van der Waals surface area contributed by atoms with E-state index in [1.54, 1.807) is 4.90 Å². The molecule has 1 aromatic carbocycles. The minimum Gasteiger partial charge on any atom is -0.468 e. The monoisotopic (exact) mass is 261 g/mol. The molecular formula is C15H19NO3. The van der Waals surface area contributed by atoms with Gasteiger partial charge in [-0.05, 0) is 30.9 Å². The van der Waals surface area contributed by atoms with Gasteiger partial charge in [0.1, 0.15) is 6.54 Å². The van der Waals surface area contributed by atoms with Crippen molar-refractivity contribution < 1.29 is 14.3 Å². The predicted octanol–water partition coefficient (Wildman–Crippen LogP) is 2.17. The van der Waals surface area contributed by atoms with Gasteiger partial charge in [-0.1, -0.05) is 25.1 Å². The Bertz CT molecular complexity index is 484. The summed E-state index contributed by atoms with van der Waals surface area (Å²) in [6.45, 7) is 2.00. The second-order valence-corrected chi connectivity index (χ2v) is 4.77. The zero-order valence-electron chi connectivity index (χ0n) is 11.4. The summed E-state index contributed by atoms with van der Waals surface area (Å²) < 4.78 is 4.69. The molecular weight excluding hydrogens is 242 g/mol. The normalized spacial score (nSPS) is 18.7. The average Bonchev–Trinajstić information content (AvgIpc) is 2.57. The topological polar surface area (TPSA) is 46.6 Å². The van der Waals surface area contributed by atoms with Crippen LogP contribution in [0, 0.1) is 5.92 Å². The quantitative estimate of drug-likeness (QED) is 0.783. The van der Waals surface area contributed by atoms with E-state index in [0.717, 1.165) is 30.5 Å². The molecule has 1 atom stereocenters. The van der Waals surface area contributed by atoms with Crippen molar-refractivity contribution in [3.63, 3.8) is 0 Å². The van der Waals surface area contributed by atoms with Gasteiger partial charge in [0, 0.05) is 11.6 Å². The number of para-hydroxylation sites is 1. The van der Waals surface area contributed by atoms with E-state index in [9.17, 15) is 9.59 Å². The number of hydrogen-bond donors (Lipinski definition) is 0. The minimum atomic E-state index is -0.389. The van der Waals surface area contributed by atoms with Crippen LogP contribution in [0.4, 0.5) is 5.69 Å². The second-order valence-electron chi connectivity index (χ2n) is 4.77. The molecule has 1 heterocycles. The molecule has 19 heavy (non-hydrogen) atoms. The Balaban J connectivity index is 2.38. The van der Waals surface area contributed by atoms with Crippen molar-refractivity contribution in [2.24, 2.45) is 5.92 Å². The summed E-state index contributed by atoms with van der Waals surface area (Å²) in [6.07, 6.45) is 2.51. The summed E-state index contributed by atoms with van der Waals surface area (Å²) >= 11 is 0. The van der Waals surface area contributed by atoms with Crippen molar-refractivity contribution >= 4 is 17.6 Å². The fraction of sp³-hybridized carbons (Fsp3) is 0.467. The van der Waals surface area contributed by atoms with Gasteiger partial charge >= 0.3 is 5.97 Å². The highest BCUT2D eigenvalue weighted by molar-refractivity contribution is 6.00. The van der Waals surface area contributed by atoms with Crippen molar-refractivity contribution in [3.8, 4) is 0 Å². The van der Waals surface area contributed by atoms with E-state index in [-0.39, 0.29) is 24.3 Å². The highest BCUT2D eigenvalue weighted by Gasteiger charge is 2.30. The first-order valence-corrected chi connectivity index (χ1v) is 6.63. The predicted molar refractivity (Wildman–Crippen MR) is 72.9 cm³/mol. The molecule has 0 radical (unpaired) electrons. The Kier molecular flexibility index (Phi) is 4.20. The molecule has 0 saturated carbocycles. The molecule has 1 aliphatic rings. The zero-order valence-corrected chi connectivity index (χ0v) is 11.4. The summed E-state index contributed by atoms with van der Waals surface area (Å²) in [5.74, 6) is -0.380. The SMILES string of the molecule is CCC1CCc2ccccc2N(CC(=O)OC)C1=O. The number of ether oxygens (including phenoxy) is 1. The lowest BCUT2D eigenvalue weighted by Gasteiger charge is -2.24. The maximum absolute atomic E-state index is 12.5. The third-order valence-corrected chi connectivity index (χ3v) is 3.67. The number of carbonyl (C=O) groups excluding carboxylic acids is 2. The Morgan fingerprint density at radius 1 is 1.42 bits per heavy atom. The van der Waals surface area contributed by atoms with Crippen molar-refractivity contribution in [2.45, 2.75) is 26.2 Å². The summed E-state index contributed by atoms with van der Waals surface area (Å²) in [4.78, 5) is 25.6. The fourth-order valence-corrected chi connectivity index (χ4v) is 2.51. The highest BCUT2D eigenvalue weighted by atomic mass is 16.5. The molecule has 1 unspecified atom stereocenters. The number of esters is 1. The molecule has 4 heteroatoms. The second kappa shape index (κ2) is 5.87. The molecule has 1 amide bonds. The number of aryl methyl sites for hydroxylation is 1. The third-order valence-electron chi connectivity index (χ3n) is 3.67. The van der Waals surface area contributed by atoms with Crippen LogP contribution in [-0.2, 0) is 20.7 Å². The van der Waals surface area contributed by atoms with E-state index >= 15 is 0 Å². The first-order valence-electron chi connectivity index (χ1n) is 6.63. The van der Waals surface area contributed by atoms with Crippen LogP contribution in [0.25, 0.3) is 0 Å². The van der Waals surface area contributed by atoms with Crippen LogP contribution in [-0.4, -0.2) is 25.5 Å². The molecule has 0 N–H and O–H groups in total. The Labute approximate surface area is 113 Å². The molecule has 2 rings (SSSR count). The molecule has 0 fully saturated rings. The van der Waals surface area contributed by atoms with Gasteiger partial charge in [-0.25, -0.2) is 0 Å². The van der Waals surface area contributed by atoms with Gasteiger partial charge in [0.2, 0.25) is 5.91 Å². The number of rotatable bonds is 3. The first kappa shape index (κ1) is 13.6. The van der Waals surface area contributed by atoms with Gasteiger partial charge in [0.25, 0.3) is 0 Å². The summed E-state index contributed by atoms with van der Waals surface area (Å²) in [5, 5.41) is 0. The number of amides is 1. The van der Waals surface area contributed by atoms with E-state index in [0.29, 0.717) is 0 Å². The smallest absolute Gasteiger partial charge is 0.325 e. The highest BCUT2D eigenvalue weighted by Crippen LogP contribution is 2.30. The van der Waals surface area contributed by atoms with Gasteiger partial charge in [0.05, 0.1) is 7.11 Å². The molecule has 1 aromatic rings. The van der Waals surface area contributed by atoms with Gasteiger partial charge in [0.15, 0.2) is 0 Å². The van der Waals surface area contributed by atoms with Crippen LogP contribution in [0.1, 0.15) is 25.3 Å². The van der Waals surface area contributed by atoms with Crippen LogP contribution in [0.15, 0.2) is 24.3 Å². The lowest BCUT2D eigenvalue weighted by atomic mass is 9.98. The number of anilines is 1. The third kappa shape index (κ3) is 2.78. The van der Waals surface area contributed by atoms with E-state index in [1.807, 2.05) is 31.2 Å². The van der Waals surface area contributed by atoms with E-state index in [2.05, 4.69) is 0 Å². The molecule has 4 nitrogen and oxygen atoms in total. The van der Waals surface area contributed by atoms with Crippen LogP contribution in [0.2, 0.25) is 0 Å². The lowest BCUT2D eigenvalue weighted by molar-refractivity contribution is -0.140. The maximum Gasteiger partial charge on any atom is 0.325 e. The van der Waals surface area contributed by atoms with Crippen LogP contribution in [0.3, 0.4) is 0 Å². The van der Waals surface area contributed by atoms with E-state index < -0.39 is 0 Å². The van der Waals surface area contributed by atoms with E-state index in [4.69, 9.17) is 4.74 Å². The summed E-state index contributed by atoms with van der Waals surface area (Å²) in [6, 6.07) is 7.77. The van der Waals surface area contributed by atoms with Crippen LogP contribution >= 0.6 is 0 Å². The van der Waals surface area contributed by atoms with Gasteiger partial charge in [-0.3, -0.25) is 9.59 Å². The molecule has 0 aromatic heterocycles. The molecule has 0 saturated heterocycles. The van der Waals surface area contributed by atoms with Gasteiger partial charge < -0.3 is 9.64 Å². The summed E-state index contributed by atoms with van der Waals surface area (Å²) in [7, 11) is 1.34. The summed E-state index contributed by atoms with van der Waals surface area (Å²) in [5.41, 5.74) is 1.96. The number of nitrogens with zero attached hydrogens (tertiary/aromatic N) is 1. The number of fused-ring (bicyclic) bond motifs is 1. The van der Waals surface area contributed by atoms with Crippen LogP contribution in [0.5, 0.6) is 0 Å². The van der Waals surface area contributed by atoms with Gasteiger partial charge in [-0.2, -0.15) is 0 Å². The number of methoxy groups -OCH3 is 1. The molecule has 1 aliphatic heterocycles. The van der Waals surface area contributed by atoms with Gasteiger partial charge in [-0.15, -0.1) is 0 Å². The molecule has 0 aliphatic carbocycles. The lowest BCUT2D eigenvalue weighted by Crippen LogP contribution is -2.39. The zero-order chi connectivity index (χ0) is 13.8. The van der Waals surface area contributed by atoms with Crippen molar-refractivity contribution in [1.82, 2.24) is 0 Å². The largest absolute Gasteiger partial charge is 0.468 e. The minimum absolute atomic E-state index is 0.0111. The van der Waals surface area contributed by atoms with Crippen molar-refractivity contribution in [1.29, 1.82) is 0 Å². The average molecular weight is 261 g/mol. The van der Waals surface area contributed by atoms with E-state index in [1.165, 1.54) is 7.11 Å². The first-order chi connectivity index (χ1) is 9.17. The fourth-order valence-electron chi connectivity index (χ4n) is 2.51. The number of carbonyl (C=O) groups is 2. The maximum atomic E-state index is 12.5. The Morgan fingerprint density at radius 3 is 2.84 bits per heavy atom. The number of benzene rings is 1. The molecule has 102 valence electrons. The number of hydrogen-bond acceptors (Lipinski definition) is 3. The Morgan fingerprint density at radius 2 is 2.16 bits per heavy atom. The van der Waals surface area contributed by atoms with Crippen molar-refractivity contribution in [2.75, 3.05) is 18.6 Å². The van der Waals surface area contributed by atoms with Crippen molar-refractivity contribution in [3.05, 3.63) is 29.8 Å². The molecule has 0 bridgehead atoms.